The summed E-state index contributed by atoms with van der Waals surface area (Å²) >= 11 is 0. The topological polar surface area (TPSA) is 74.1 Å². The number of carbonyl (C=O) groups is 1. The highest BCUT2D eigenvalue weighted by Crippen LogP contribution is 2.38. The SMILES string of the molecule is CCCOc1ccc2c(-c3cc(OC)c(C(=O)NC4CC4)c(OC(F)F)c3)cnn2c1. The van der Waals surface area contributed by atoms with Crippen molar-refractivity contribution in [1.82, 2.24) is 14.9 Å². The number of alkyl halides is 2. The van der Waals surface area contributed by atoms with Crippen LogP contribution in [0.2, 0.25) is 0 Å². The number of benzene rings is 1. The second kappa shape index (κ2) is 8.79. The zero-order chi connectivity index (χ0) is 22.0. The van der Waals surface area contributed by atoms with Crippen molar-refractivity contribution in [3.63, 3.8) is 0 Å². The number of nitrogens with zero attached hydrogens (tertiary/aromatic N) is 2. The van der Waals surface area contributed by atoms with Crippen LogP contribution in [0.3, 0.4) is 0 Å². The Morgan fingerprint density at radius 2 is 2.06 bits per heavy atom. The van der Waals surface area contributed by atoms with Crippen LogP contribution >= 0.6 is 0 Å². The van der Waals surface area contributed by atoms with E-state index in [1.54, 1.807) is 23.0 Å². The molecular weight excluding hydrogens is 408 g/mol. The molecule has 1 fully saturated rings. The predicted octanol–water partition coefficient (Wildman–Crippen LogP) is 4.29. The van der Waals surface area contributed by atoms with E-state index in [2.05, 4.69) is 10.4 Å². The van der Waals surface area contributed by atoms with Crippen molar-refractivity contribution >= 4 is 11.4 Å². The molecule has 1 saturated carbocycles. The number of ether oxygens (including phenoxy) is 3. The van der Waals surface area contributed by atoms with E-state index in [9.17, 15) is 13.6 Å². The van der Waals surface area contributed by atoms with Gasteiger partial charge in [0.05, 0.1) is 31.6 Å². The molecule has 1 aliphatic rings. The molecule has 0 radical (unpaired) electrons. The smallest absolute Gasteiger partial charge is 0.387 e. The van der Waals surface area contributed by atoms with E-state index in [0.717, 1.165) is 24.8 Å². The second-order valence-electron chi connectivity index (χ2n) is 7.28. The molecule has 1 amide bonds. The largest absolute Gasteiger partial charge is 0.496 e. The summed E-state index contributed by atoms with van der Waals surface area (Å²) in [5.41, 5.74) is 1.90. The minimum Gasteiger partial charge on any atom is -0.496 e. The first-order chi connectivity index (χ1) is 15.0. The third kappa shape index (κ3) is 4.55. The van der Waals surface area contributed by atoms with Crippen LogP contribution in [-0.2, 0) is 0 Å². The highest BCUT2D eigenvalue weighted by atomic mass is 19.3. The molecule has 31 heavy (non-hydrogen) atoms. The molecule has 0 bridgehead atoms. The van der Waals surface area contributed by atoms with Crippen LogP contribution in [0.25, 0.3) is 16.6 Å². The summed E-state index contributed by atoms with van der Waals surface area (Å²) in [7, 11) is 1.38. The van der Waals surface area contributed by atoms with Crippen LogP contribution in [0.5, 0.6) is 17.2 Å². The number of amides is 1. The Kier molecular flexibility index (Phi) is 5.92. The van der Waals surface area contributed by atoms with Crippen LogP contribution in [0.1, 0.15) is 36.5 Å². The molecule has 0 atom stereocenters. The number of methoxy groups -OCH3 is 1. The molecule has 2 heterocycles. The Morgan fingerprint density at radius 3 is 2.74 bits per heavy atom. The predicted molar refractivity (Wildman–Crippen MR) is 110 cm³/mol. The first-order valence-electron chi connectivity index (χ1n) is 10.1. The Bertz CT molecular complexity index is 1100. The van der Waals surface area contributed by atoms with Crippen LogP contribution in [-0.4, -0.2) is 41.9 Å². The van der Waals surface area contributed by atoms with Gasteiger partial charge in [-0.05, 0) is 49.1 Å². The highest BCUT2D eigenvalue weighted by molar-refractivity contribution is 6.01. The van der Waals surface area contributed by atoms with Crippen LogP contribution in [0.15, 0.2) is 36.7 Å². The van der Waals surface area contributed by atoms with Gasteiger partial charge in [-0.25, -0.2) is 4.52 Å². The van der Waals surface area contributed by atoms with E-state index in [1.165, 1.54) is 13.2 Å². The van der Waals surface area contributed by atoms with Crippen molar-refractivity contribution < 1.29 is 27.8 Å². The molecular formula is C22H23F2N3O4. The van der Waals surface area contributed by atoms with E-state index in [1.807, 2.05) is 19.1 Å². The van der Waals surface area contributed by atoms with Gasteiger partial charge in [-0.3, -0.25) is 4.79 Å². The van der Waals surface area contributed by atoms with Crippen molar-refractivity contribution in [3.05, 3.63) is 42.2 Å². The molecule has 0 saturated heterocycles. The third-order valence-corrected chi connectivity index (χ3v) is 4.91. The Balaban J connectivity index is 1.76. The average molecular weight is 431 g/mol. The molecule has 7 nitrogen and oxygen atoms in total. The van der Waals surface area contributed by atoms with E-state index in [-0.39, 0.29) is 23.1 Å². The van der Waals surface area contributed by atoms with Gasteiger partial charge in [0, 0.05) is 11.6 Å². The summed E-state index contributed by atoms with van der Waals surface area (Å²) in [6.45, 7) is -0.476. The highest BCUT2D eigenvalue weighted by Gasteiger charge is 2.29. The minimum absolute atomic E-state index is 0.0508. The molecule has 0 aliphatic heterocycles. The van der Waals surface area contributed by atoms with Crippen LogP contribution in [0.4, 0.5) is 8.78 Å². The lowest BCUT2D eigenvalue weighted by Gasteiger charge is -2.16. The molecule has 1 aromatic carbocycles. The number of carbonyl (C=O) groups excluding carboxylic acids is 1. The average Bonchev–Trinajstić information content (AvgIpc) is 3.46. The first-order valence-corrected chi connectivity index (χ1v) is 10.1. The monoisotopic (exact) mass is 431 g/mol. The standard InChI is InChI=1S/C22H23F2N3O4/c1-3-8-30-15-6-7-17-16(11-25-27(17)12-15)13-9-18(29-2)20(19(10-13)31-22(23)24)21(28)26-14-4-5-14/h6-7,9-12,14,22H,3-5,8H2,1-2H3,(H,26,28). The first kappa shape index (κ1) is 20.9. The maximum absolute atomic E-state index is 13.1. The number of hydrogen-bond donors (Lipinski definition) is 1. The van der Waals surface area contributed by atoms with Crippen molar-refractivity contribution in [2.45, 2.75) is 38.8 Å². The third-order valence-electron chi connectivity index (χ3n) is 4.91. The summed E-state index contributed by atoms with van der Waals surface area (Å²) < 4.78 is 43.6. The number of halogens is 2. The van der Waals surface area contributed by atoms with Gasteiger partial charge in [-0.15, -0.1) is 0 Å². The van der Waals surface area contributed by atoms with Crippen LogP contribution in [0, 0.1) is 0 Å². The summed E-state index contributed by atoms with van der Waals surface area (Å²) in [4.78, 5) is 12.7. The number of aromatic nitrogens is 2. The maximum atomic E-state index is 13.1. The Hall–Kier alpha value is -3.36. The van der Waals surface area contributed by atoms with Gasteiger partial charge in [0.25, 0.3) is 5.91 Å². The van der Waals surface area contributed by atoms with Crippen LogP contribution < -0.4 is 19.5 Å². The molecule has 0 unspecified atom stereocenters. The number of nitrogens with one attached hydrogen (secondary N) is 1. The van der Waals surface area contributed by atoms with Crippen molar-refractivity contribution in [2.75, 3.05) is 13.7 Å². The summed E-state index contributed by atoms with van der Waals surface area (Å²) in [5, 5.41) is 7.13. The van der Waals surface area contributed by atoms with Crippen molar-refractivity contribution in [2.24, 2.45) is 0 Å². The molecule has 0 spiro atoms. The lowest BCUT2D eigenvalue weighted by atomic mass is 10.0. The van der Waals surface area contributed by atoms with Gasteiger partial charge in [0.2, 0.25) is 0 Å². The van der Waals surface area contributed by atoms with Gasteiger partial charge in [-0.2, -0.15) is 13.9 Å². The maximum Gasteiger partial charge on any atom is 0.387 e. The van der Waals surface area contributed by atoms with E-state index >= 15 is 0 Å². The van der Waals surface area contributed by atoms with Crippen molar-refractivity contribution in [3.8, 4) is 28.4 Å². The molecule has 1 N–H and O–H groups in total. The van der Waals surface area contributed by atoms with E-state index in [4.69, 9.17) is 14.2 Å². The zero-order valence-electron chi connectivity index (χ0n) is 17.2. The fraction of sp³-hybridized carbons (Fsp3) is 0.364. The van der Waals surface area contributed by atoms with Gasteiger partial charge in [0.15, 0.2) is 0 Å². The fourth-order valence-corrected chi connectivity index (χ4v) is 3.30. The quantitative estimate of drug-likeness (QED) is 0.547. The number of pyridine rings is 1. The Labute approximate surface area is 177 Å². The zero-order valence-corrected chi connectivity index (χ0v) is 17.2. The van der Waals surface area contributed by atoms with Gasteiger partial charge < -0.3 is 19.5 Å². The van der Waals surface area contributed by atoms with Crippen molar-refractivity contribution in [1.29, 1.82) is 0 Å². The Morgan fingerprint density at radius 1 is 1.29 bits per heavy atom. The fourth-order valence-electron chi connectivity index (χ4n) is 3.30. The molecule has 1 aliphatic carbocycles. The normalized spacial score (nSPS) is 13.5. The molecule has 9 heteroatoms. The lowest BCUT2D eigenvalue weighted by Crippen LogP contribution is -2.26. The van der Waals surface area contributed by atoms with E-state index < -0.39 is 12.5 Å². The van der Waals surface area contributed by atoms with Gasteiger partial charge >= 0.3 is 6.61 Å². The lowest BCUT2D eigenvalue weighted by molar-refractivity contribution is -0.0502. The second-order valence-corrected chi connectivity index (χ2v) is 7.28. The summed E-state index contributed by atoms with van der Waals surface area (Å²) in [6, 6.07) is 6.75. The van der Waals surface area contributed by atoms with Gasteiger partial charge in [0.1, 0.15) is 22.8 Å². The summed E-state index contributed by atoms with van der Waals surface area (Å²) in [6.07, 6.45) is 5.98. The molecule has 3 aromatic rings. The van der Waals surface area contributed by atoms with Gasteiger partial charge in [-0.1, -0.05) is 6.92 Å². The molecule has 4 rings (SSSR count). The molecule has 2 aromatic heterocycles. The minimum atomic E-state index is -3.09. The molecule has 164 valence electrons. The summed E-state index contributed by atoms with van der Waals surface area (Å²) in [5.74, 6) is 0.0767. The number of rotatable bonds is 9. The number of hydrogen-bond acceptors (Lipinski definition) is 5. The number of fused-ring (bicyclic) bond motifs is 1. The van der Waals surface area contributed by atoms with E-state index in [0.29, 0.717) is 23.5 Å².